The largest absolute Gasteiger partial charge is 0.290 e. The molecule has 6 heteroatoms. The second-order valence-corrected chi connectivity index (χ2v) is 5.39. The van der Waals surface area contributed by atoms with Gasteiger partial charge < -0.3 is 0 Å². The van der Waals surface area contributed by atoms with Crippen LogP contribution in [0.3, 0.4) is 0 Å². The first-order chi connectivity index (χ1) is 11.1. The minimum Gasteiger partial charge on any atom is -0.290 e. The number of pyridine rings is 1. The van der Waals surface area contributed by atoms with E-state index in [4.69, 9.17) is 11.6 Å². The van der Waals surface area contributed by atoms with E-state index >= 15 is 0 Å². The second-order valence-electron chi connectivity index (χ2n) is 5.03. The fraction of sp³-hybridized carbons (Fsp3) is 0.176. The van der Waals surface area contributed by atoms with E-state index in [1.807, 2.05) is 38.1 Å². The van der Waals surface area contributed by atoms with Crippen molar-refractivity contribution in [3.05, 3.63) is 59.3 Å². The number of nitrogens with zero attached hydrogens (tertiary/aromatic N) is 4. The number of aromatic nitrogens is 3. The van der Waals surface area contributed by atoms with Gasteiger partial charge in [-0.05, 0) is 25.3 Å². The molecule has 3 rings (SSSR count). The van der Waals surface area contributed by atoms with Crippen LogP contribution in [0.2, 0.25) is 5.15 Å². The highest BCUT2D eigenvalue weighted by molar-refractivity contribution is 6.34. The molecule has 0 atom stereocenters. The van der Waals surface area contributed by atoms with Crippen molar-refractivity contribution >= 4 is 34.1 Å². The lowest BCUT2D eigenvalue weighted by atomic mass is 10.1. The Labute approximate surface area is 139 Å². The van der Waals surface area contributed by atoms with E-state index in [9.17, 15) is 4.79 Å². The summed E-state index contributed by atoms with van der Waals surface area (Å²) in [5, 5.41) is 2.02. The molecule has 3 aromatic rings. The van der Waals surface area contributed by atoms with Crippen LogP contribution < -0.4 is 4.90 Å². The highest BCUT2D eigenvalue weighted by Gasteiger charge is 2.21. The number of carbonyl (C=O) groups excluding carboxylic acids is 1. The van der Waals surface area contributed by atoms with Gasteiger partial charge in [0.25, 0.3) is 5.91 Å². The van der Waals surface area contributed by atoms with Crippen molar-refractivity contribution in [2.24, 2.45) is 0 Å². The summed E-state index contributed by atoms with van der Waals surface area (Å²) in [6.07, 6.45) is 3.17. The molecule has 0 aliphatic carbocycles. The lowest BCUT2D eigenvalue weighted by molar-refractivity contribution is 0.0982. The van der Waals surface area contributed by atoms with Crippen LogP contribution >= 0.6 is 11.6 Å². The molecule has 0 aliphatic rings. The predicted octanol–water partition coefficient (Wildman–Crippen LogP) is 3.65. The first-order valence-corrected chi connectivity index (χ1v) is 7.64. The predicted molar refractivity (Wildman–Crippen MR) is 90.9 cm³/mol. The lowest BCUT2D eigenvalue weighted by Crippen LogP contribution is -2.33. The number of rotatable bonds is 3. The molecular weight excluding hydrogens is 312 g/mol. The van der Waals surface area contributed by atoms with Crippen LogP contribution in [0.4, 0.5) is 5.82 Å². The van der Waals surface area contributed by atoms with Gasteiger partial charge in [-0.2, -0.15) is 0 Å². The quantitative estimate of drug-likeness (QED) is 0.689. The Kier molecular flexibility index (Phi) is 4.21. The van der Waals surface area contributed by atoms with E-state index in [0.717, 1.165) is 10.8 Å². The van der Waals surface area contributed by atoms with Crippen LogP contribution in [0.5, 0.6) is 0 Å². The summed E-state index contributed by atoms with van der Waals surface area (Å²) in [5.41, 5.74) is 0.982. The number of carbonyl (C=O) groups is 1. The standard InChI is InChI=1S/C17H15ClN4O/c1-3-22(16-11(2)19-8-9-20-16)17(23)14-10-12-6-4-5-7-13(12)15(18)21-14/h4-10H,3H2,1-2H3. The summed E-state index contributed by atoms with van der Waals surface area (Å²) in [4.78, 5) is 27.1. The van der Waals surface area contributed by atoms with Gasteiger partial charge in [0.1, 0.15) is 10.8 Å². The molecule has 5 nitrogen and oxygen atoms in total. The van der Waals surface area contributed by atoms with Crippen LogP contribution in [0.1, 0.15) is 23.1 Å². The third-order valence-corrected chi connectivity index (χ3v) is 3.87. The number of amides is 1. The minimum absolute atomic E-state index is 0.247. The minimum atomic E-state index is -0.247. The summed E-state index contributed by atoms with van der Waals surface area (Å²) in [6, 6.07) is 9.32. The number of hydrogen-bond donors (Lipinski definition) is 0. The number of benzene rings is 1. The Morgan fingerprint density at radius 2 is 1.96 bits per heavy atom. The average molecular weight is 327 g/mol. The third-order valence-electron chi connectivity index (χ3n) is 3.59. The van der Waals surface area contributed by atoms with Crippen molar-refractivity contribution < 1.29 is 4.79 Å². The SMILES string of the molecule is CCN(C(=O)c1cc2ccccc2c(Cl)n1)c1nccnc1C. The molecule has 0 unspecified atom stereocenters. The van der Waals surface area contributed by atoms with Gasteiger partial charge in [-0.25, -0.2) is 9.97 Å². The van der Waals surface area contributed by atoms with Crippen LogP contribution in [0.15, 0.2) is 42.7 Å². The van der Waals surface area contributed by atoms with Gasteiger partial charge in [-0.1, -0.05) is 35.9 Å². The highest BCUT2D eigenvalue weighted by atomic mass is 35.5. The van der Waals surface area contributed by atoms with Gasteiger partial charge in [0.15, 0.2) is 5.82 Å². The van der Waals surface area contributed by atoms with Crippen LogP contribution in [-0.4, -0.2) is 27.4 Å². The van der Waals surface area contributed by atoms with Gasteiger partial charge in [0.2, 0.25) is 0 Å². The maximum atomic E-state index is 12.9. The molecule has 0 N–H and O–H groups in total. The summed E-state index contributed by atoms with van der Waals surface area (Å²) in [6.45, 7) is 4.16. The second kappa shape index (κ2) is 6.30. The number of anilines is 1. The molecule has 1 amide bonds. The molecule has 1 aromatic carbocycles. The Balaban J connectivity index is 2.07. The average Bonchev–Trinajstić information content (AvgIpc) is 2.57. The van der Waals surface area contributed by atoms with Crippen molar-refractivity contribution in [2.75, 3.05) is 11.4 Å². The van der Waals surface area contributed by atoms with E-state index in [1.54, 1.807) is 23.4 Å². The first-order valence-electron chi connectivity index (χ1n) is 7.26. The molecule has 116 valence electrons. The van der Waals surface area contributed by atoms with Crippen molar-refractivity contribution in [1.82, 2.24) is 15.0 Å². The van der Waals surface area contributed by atoms with E-state index in [2.05, 4.69) is 15.0 Å². The lowest BCUT2D eigenvalue weighted by Gasteiger charge is -2.20. The molecule has 0 aliphatic heterocycles. The normalized spacial score (nSPS) is 10.7. The summed E-state index contributed by atoms with van der Waals surface area (Å²) in [7, 11) is 0. The van der Waals surface area contributed by atoms with E-state index < -0.39 is 0 Å². The number of hydrogen-bond acceptors (Lipinski definition) is 4. The Hall–Kier alpha value is -2.53. The van der Waals surface area contributed by atoms with E-state index in [1.165, 1.54) is 0 Å². The van der Waals surface area contributed by atoms with E-state index in [-0.39, 0.29) is 5.91 Å². The van der Waals surface area contributed by atoms with Crippen molar-refractivity contribution in [3.63, 3.8) is 0 Å². The Bertz CT molecular complexity index is 881. The molecule has 0 spiro atoms. The Morgan fingerprint density at radius 1 is 1.22 bits per heavy atom. The molecule has 0 saturated heterocycles. The van der Waals surface area contributed by atoms with Gasteiger partial charge in [0, 0.05) is 24.3 Å². The fourth-order valence-corrected chi connectivity index (χ4v) is 2.72. The molecular formula is C17H15ClN4O. The summed E-state index contributed by atoms with van der Waals surface area (Å²) in [5.74, 6) is 0.287. The van der Waals surface area contributed by atoms with E-state index in [0.29, 0.717) is 28.9 Å². The molecule has 0 bridgehead atoms. The van der Waals surface area contributed by atoms with Gasteiger partial charge in [-0.3, -0.25) is 14.7 Å². The fourth-order valence-electron chi connectivity index (χ4n) is 2.46. The molecule has 0 fully saturated rings. The summed E-state index contributed by atoms with van der Waals surface area (Å²) < 4.78 is 0. The highest BCUT2D eigenvalue weighted by Crippen LogP contribution is 2.24. The topological polar surface area (TPSA) is 59.0 Å². The zero-order chi connectivity index (χ0) is 16.4. The Morgan fingerprint density at radius 3 is 2.70 bits per heavy atom. The number of fused-ring (bicyclic) bond motifs is 1. The van der Waals surface area contributed by atoms with Gasteiger partial charge >= 0.3 is 0 Å². The molecule has 23 heavy (non-hydrogen) atoms. The van der Waals surface area contributed by atoms with Gasteiger partial charge in [0.05, 0.1) is 5.69 Å². The molecule has 2 aromatic heterocycles. The number of aryl methyl sites for hydroxylation is 1. The van der Waals surface area contributed by atoms with Crippen LogP contribution in [0, 0.1) is 6.92 Å². The molecule has 0 radical (unpaired) electrons. The first kappa shape index (κ1) is 15.4. The number of halogens is 1. The molecule has 0 saturated carbocycles. The van der Waals surface area contributed by atoms with Crippen molar-refractivity contribution in [2.45, 2.75) is 13.8 Å². The van der Waals surface area contributed by atoms with Crippen molar-refractivity contribution in [3.8, 4) is 0 Å². The van der Waals surface area contributed by atoms with Gasteiger partial charge in [-0.15, -0.1) is 0 Å². The monoisotopic (exact) mass is 326 g/mol. The zero-order valence-electron chi connectivity index (χ0n) is 12.8. The van der Waals surface area contributed by atoms with Crippen LogP contribution in [0.25, 0.3) is 10.8 Å². The van der Waals surface area contributed by atoms with Crippen LogP contribution in [-0.2, 0) is 0 Å². The van der Waals surface area contributed by atoms with Crippen molar-refractivity contribution in [1.29, 1.82) is 0 Å². The maximum absolute atomic E-state index is 12.9. The maximum Gasteiger partial charge on any atom is 0.278 e. The molecule has 2 heterocycles. The zero-order valence-corrected chi connectivity index (χ0v) is 13.6. The smallest absolute Gasteiger partial charge is 0.278 e. The summed E-state index contributed by atoms with van der Waals surface area (Å²) >= 11 is 6.22. The third kappa shape index (κ3) is 2.87.